The fourth-order valence-corrected chi connectivity index (χ4v) is 0.892. The molecule has 0 N–H and O–H groups in total. The first-order chi connectivity index (χ1) is 6.09. The van der Waals surface area contributed by atoms with E-state index in [4.69, 9.17) is 0 Å². The van der Waals surface area contributed by atoms with Crippen molar-refractivity contribution in [2.45, 2.75) is 13.3 Å². The quantitative estimate of drug-likeness (QED) is 0.479. The highest BCUT2D eigenvalue weighted by atomic mass is 16.6. The molecule has 0 aromatic carbocycles. The van der Waals surface area contributed by atoms with Crippen LogP contribution < -0.4 is 0 Å². The van der Waals surface area contributed by atoms with E-state index in [1.54, 1.807) is 24.0 Å². The first-order valence-electron chi connectivity index (χ1n) is 3.77. The minimum atomic E-state index is -0.598. The second-order valence-corrected chi connectivity index (χ2v) is 2.60. The van der Waals surface area contributed by atoms with E-state index >= 15 is 0 Å². The fraction of sp³-hybridized carbons (Fsp3) is 0.375. The molecule has 5 heteroatoms. The van der Waals surface area contributed by atoms with Crippen molar-refractivity contribution < 1.29 is 14.3 Å². The molecule has 1 aromatic rings. The van der Waals surface area contributed by atoms with Gasteiger partial charge in [0.1, 0.15) is 12.2 Å². The third kappa shape index (κ3) is 2.70. The third-order valence-corrected chi connectivity index (χ3v) is 1.48. The predicted molar refractivity (Wildman–Crippen MR) is 43.7 cm³/mol. The average molecular weight is 182 g/mol. The molecule has 1 rings (SSSR count). The molecular weight excluding hydrogens is 172 g/mol. The highest BCUT2D eigenvalue weighted by Crippen LogP contribution is 1.97. The van der Waals surface area contributed by atoms with Crippen molar-refractivity contribution >= 4 is 11.9 Å². The van der Waals surface area contributed by atoms with Gasteiger partial charge in [0.05, 0.1) is 0 Å². The van der Waals surface area contributed by atoms with Crippen LogP contribution in [0.15, 0.2) is 12.4 Å². The monoisotopic (exact) mass is 182 g/mol. The molecule has 0 aliphatic carbocycles. The summed E-state index contributed by atoms with van der Waals surface area (Å²) in [7, 11) is 1.77. The number of rotatable bonds is 2. The van der Waals surface area contributed by atoms with Crippen LogP contribution in [-0.2, 0) is 27.8 Å². The zero-order valence-electron chi connectivity index (χ0n) is 7.48. The van der Waals surface area contributed by atoms with Crippen molar-refractivity contribution in [1.29, 1.82) is 0 Å². The van der Waals surface area contributed by atoms with E-state index in [0.717, 1.165) is 0 Å². The Morgan fingerprint density at radius 1 is 1.62 bits per heavy atom. The summed E-state index contributed by atoms with van der Waals surface area (Å²) < 4.78 is 6.04. The number of hydrogen-bond donors (Lipinski definition) is 0. The van der Waals surface area contributed by atoms with Crippen LogP contribution in [0.2, 0.25) is 0 Å². The smallest absolute Gasteiger partial charge is 0.321 e. The Morgan fingerprint density at radius 3 is 2.77 bits per heavy atom. The van der Waals surface area contributed by atoms with E-state index in [9.17, 15) is 9.59 Å². The van der Waals surface area contributed by atoms with Gasteiger partial charge in [-0.15, -0.1) is 0 Å². The van der Waals surface area contributed by atoms with Crippen LogP contribution in [0, 0.1) is 0 Å². The molecule has 1 heterocycles. The van der Waals surface area contributed by atoms with Gasteiger partial charge in [0.15, 0.2) is 0 Å². The minimum Gasteiger partial charge on any atom is -0.393 e. The lowest BCUT2D eigenvalue weighted by atomic mass is 10.4. The molecular formula is C8H10N2O3. The van der Waals surface area contributed by atoms with Crippen molar-refractivity contribution in [3.63, 3.8) is 0 Å². The Morgan fingerprint density at radius 2 is 2.31 bits per heavy atom. The molecule has 0 aliphatic heterocycles. The van der Waals surface area contributed by atoms with E-state index < -0.39 is 11.9 Å². The van der Waals surface area contributed by atoms with Crippen molar-refractivity contribution in [3.8, 4) is 0 Å². The number of hydrogen-bond acceptors (Lipinski definition) is 4. The van der Waals surface area contributed by atoms with Crippen LogP contribution in [0.25, 0.3) is 0 Å². The van der Waals surface area contributed by atoms with Gasteiger partial charge in [-0.25, -0.2) is 4.98 Å². The average Bonchev–Trinajstić information content (AvgIpc) is 2.34. The van der Waals surface area contributed by atoms with Gasteiger partial charge in [-0.1, -0.05) is 0 Å². The molecule has 0 unspecified atom stereocenters. The standard InChI is InChI=1S/C8H10N2O3/c1-6(11)13-8(12)5-7-9-3-4-10(7)2/h3-4H,5H2,1-2H3. The molecule has 0 radical (unpaired) electrons. The zero-order chi connectivity index (χ0) is 9.84. The number of ether oxygens (including phenoxy) is 1. The SMILES string of the molecule is CC(=O)OC(=O)Cc1nccn1C. The van der Waals surface area contributed by atoms with Crippen LogP contribution >= 0.6 is 0 Å². The number of carbonyl (C=O) groups is 2. The van der Waals surface area contributed by atoms with Gasteiger partial charge in [-0.05, 0) is 0 Å². The van der Waals surface area contributed by atoms with Gasteiger partial charge in [-0.2, -0.15) is 0 Å². The van der Waals surface area contributed by atoms with Gasteiger partial charge in [-0.3, -0.25) is 9.59 Å². The van der Waals surface area contributed by atoms with Gasteiger partial charge >= 0.3 is 11.9 Å². The van der Waals surface area contributed by atoms with Crippen LogP contribution in [0.3, 0.4) is 0 Å². The van der Waals surface area contributed by atoms with Crippen LogP contribution in [0.5, 0.6) is 0 Å². The van der Waals surface area contributed by atoms with Crippen molar-refractivity contribution in [1.82, 2.24) is 9.55 Å². The lowest BCUT2D eigenvalue weighted by Crippen LogP contribution is -2.14. The number of carbonyl (C=O) groups excluding carboxylic acids is 2. The summed E-state index contributed by atoms with van der Waals surface area (Å²) >= 11 is 0. The Labute approximate surface area is 75.3 Å². The highest BCUT2D eigenvalue weighted by Gasteiger charge is 2.10. The molecule has 0 aliphatic rings. The van der Waals surface area contributed by atoms with E-state index in [-0.39, 0.29) is 6.42 Å². The van der Waals surface area contributed by atoms with Gasteiger partial charge in [0, 0.05) is 26.4 Å². The van der Waals surface area contributed by atoms with Crippen molar-refractivity contribution in [3.05, 3.63) is 18.2 Å². The lowest BCUT2D eigenvalue weighted by molar-refractivity contribution is -0.157. The molecule has 0 amide bonds. The molecule has 0 saturated heterocycles. The topological polar surface area (TPSA) is 61.2 Å². The second-order valence-electron chi connectivity index (χ2n) is 2.60. The van der Waals surface area contributed by atoms with Crippen LogP contribution in [0.1, 0.15) is 12.7 Å². The maximum Gasteiger partial charge on any atom is 0.321 e. The Balaban J connectivity index is 2.55. The normalized spacial score (nSPS) is 9.69. The maximum atomic E-state index is 11.0. The summed E-state index contributed by atoms with van der Waals surface area (Å²) in [6, 6.07) is 0. The molecule has 1 aromatic heterocycles. The van der Waals surface area contributed by atoms with Gasteiger partial charge in [0.2, 0.25) is 0 Å². The number of nitrogens with zero attached hydrogens (tertiary/aromatic N) is 2. The first kappa shape index (κ1) is 9.44. The van der Waals surface area contributed by atoms with E-state index in [1.165, 1.54) is 6.92 Å². The number of aryl methyl sites for hydroxylation is 1. The Kier molecular flexibility index (Phi) is 2.79. The summed E-state index contributed by atoms with van der Waals surface area (Å²) in [5, 5.41) is 0. The molecule has 0 fully saturated rings. The summed E-state index contributed by atoms with van der Waals surface area (Å²) in [5.41, 5.74) is 0. The van der Waals surface area contributed by atoms with Crippen molar-refractivity contribution in [2.24, 2.45) is 7.05 Å². The first-order valence-corrected chi connectivity index (χ1v) is 3.77. The number of aromatic nitrogens is 2. The Hall–Kier alpha value is -1.65. The van der Waals surface area contributed by atoms with E-state index in [0.29, 0.717) is 5.82 Å². The summed E-state index contributed by atoms with van der Waals surface area (Å²) in [6.07, 6.45) is 3.32. The largest absolute Gasteiger partial charge is 0.393 e. The summed E-state index contributed by atoms with van der Waals surface area (Å²) in [5.74, 6) is -0.604. The second kappa shape index (κ2) is 3.84. The van der Waals surface area contributed by atoms with E-state index in [2.05, 4.69) is 9.72 Å². The third-order valence-electron chi connectivity index (χ3n) is 1.48. The molecule has 0 bridgehead atoms. The minimum absolute atomic E-state index is 0.0169. The summed E-state index contributed by atoms with van der Waals surface area (Å²) in [6.45, 7) is 1.19. The summed E-state index contributed by atoms with van der Waals surface area (Å²) in [4.78, 5) is 25.3. The molecule has 0 spiro atoms. The fourth-order valence-electron chi connectivity index (χ4n) is 0.892. The van der Waals surface area contributed by atoms with E-state index in [1.807, 2.05) is 0 Å². The molecule has 0 atom stereocenters. The van der Waals surface area contributed by atoms with Crippen LogP contribution in [0.4, 0.5) is 0 Å². The highest BCUT2D eigenvalue weighted by molar-refractivity contribution is 5.84. The number of esters is 2. The molecule has 5 nitrogen and oxygen atoms in total. The number of imidazole rings is 1. The molecule has 70 valence electrons. The van der Waals surface area contributed by atoms with Gasteiger partial charge in [0.25, 0.3) is 0 Å². The molecule has 13 heavy (non-hydrogen) atoms. The van der Waals surface area contributed by atoms with Gasteiger partial charge < -0.3 is 9.30 Å². The lowest BCUT2D eigenvalue weighted by Gasteiger charge is -1.99. The molecule has 0 saturated carbocycles. The van der Waals surface area contributed by atoms with Crippen LogP contribution in [-0.4, -0.2) is 21.5 Å². The van der Waals surface area contributed by atoms with Crippen molar-refractivity contribution in [2.75, 3.05) is 0 Å². The Bertz CT molecular complexity index is 330. The zero-order valence-corrected chi connectivity index (χ0v) is 7.48. The maximum absolute atomic E-state index is 11.0. The predicted octanol–water partition coefficient (Wildman–Crippen LogP) is 0.0523.